The van der Waals surface area contributed by atoms with Gasteiger partial charge in [0.2, 0.25) is 0 Å². The molecule has 0 N–H and O–H groups in total. The SMILES string of the molecule is COC12CCC(c3nnc4c(CSc5c(Cl)cccc5Cl)cccn34)(CC1)C2. The molecule has 2 bridgehead atoms. The van der Waals surface area contributed by atoms with Crippen molar-refractivity contribution in [2.45, 2.75) is 53.8 Å². The highest BCUT2D eigenvalue weighted by Crippen LogP contribution is 2.58. The minimum Gasteiger partial charge on any atom is -0.378 e. The van der Waals surface area contributed by atoms with E-state index in [0.29, 0.717) is 10.0 Å². The number of ether oxygens (including phenoxy) is 1. The van der Waals surface area contributed by atoms with Crippen molar-refractivity contribution in [1.29, 1.82) is 0 Å². The summed E-state index contributed by atoms with van der Waals surface area (Å²) < 4.78 is 8.05. The molecule has 1 aromatic carbocycles. The van der Waals surface area contributed by atoms with Crippen molar-refractivity contribution in [1.82, 2.24) is 14.6 Å². The lowest BCUT2D eigenvalue weighted by atomic mass is 9.83. The maximum absolute atomic E-state index is 6.32. The minimum atomic E-state index is 0.0418. The molecule has 5 rings (SSSR count). The molecule has 0 atom stereocenters. The first-order chi connectivity index (χ1) is 13.6. The molecule has 2 aromatic heterocycles. The lowest BCUT2D eigenvalue weighted by Gasteiger charge is -2.25. The Morgan fingerprint density at radius 2 is 1.82 bits per heavy atom. The number of methoxy groups -OCH3 is 1. The Balaban J connectivity index is 1.47. The number of halogens is 2. The van der Waals surface area contributed by atoms with Gasteiger partial charge in [0.05, 0.1) is 15.6 Å². The largest absolute Gasteiger partial charge is 0.378 e. The normalized spacial score (nSPS) is 26.4. The second-order valence-corrected chi connectivity index (χ2v) is 9.73. The number of fused-ring (bicyclic) bond motifs is 3. The van der Waals surface area contributed by atoms with E-state index in [2.05, 4.69) is 32.9 Å². The summed E-state index contributed by atoms with van der Waals surface area (Å²) >= 11 is 14.3. The van der Waals surface area contributed by atoms with E-state index in [1.165, 1.54) is 0 Å². The van der Waals surface area contributed by atoms with E-state index in [9.17, 15) is 0 Å². The molecule has 2 aliphatic carbocycles. The molecule has 0 aliphatic heterocycles. The van der Waals surface area contributed by atoms with Gasteiger partial charge in [0.15, 0.2) is 5.65 Å². The standard InChI is InChI=1S/C21H21Cl2N3OS/c1-27-21-9-7-20(13-21,8-10-21)19-25-24-18-14(4-3-11-26(18)19)12-28-17-15(22)5-2-6-16(17)23/h2-6,11H,7-10,12-13H2,1H3. The first kappa shape index (κ1) is 18.7. The van der Waals surface area contributed by atoms with Crippen LogP contribution in [0.15, 0.2) is 41.4 Å². The zero-order valence-electron chi connectivity index (χ0n) is 15.6. The van der Waals surface area contributed by atoms with Crippen molar-refractivity contribution in [3.63, 3.8) is 0 Å². The highest BCUT2D eigenvalue weighted by molar-refractivity contribution is 7.98. The van der Waals surface area contributed by atoms with Crippen LogP contribution in [0.1, 0.15) is 43.5 Å². The number of hydrogen-bond donors (Lipinski definition) is 0. The van der Waals surface area contributed by atoms with Crippen molar-refractivity contribution in [2.24, 2.45) is 0 Å². The maximum atomic E-state index is 6.32. The molecule has 0 amide bonds. The topological polar surface area (TPSA) is 39.4 Å². The van der Waals surface area contributed by atoms with Crippen LogP contribution in [0.25, 0.3) is 5.65 Å². The number of thioether (sulfide) groups is 1. The predicted molar refractivity (Wildman–Crippen MR) is 114 cm³/mol. The number of aromatic nitrogens is 3. The second kappa shape index (κ2) is 6.91. The third kappa shape index (κ3) is 2.86. The summed E-state index contributed by atoms with van der Waals surface area (Å²) in [7, 11) is 1.85. The highest BCUT2D eigenvalue weighted by Gasteiger charge is 2.57. The summed E-state index contributed by atoms with van der Waals surface area (Å²) in [5.74, 6) is 1.82. The number of benzene rings is 1. The Morgan fingerprint density at radius 3 is 2.50 bits per heavy atom. The third-order valence-corrected chi connectivity index (χ3v) is 8.53. The van der Waals surface area contributed by atoms with E-state index in [0.717, 1.165) is 59.8 Å². The van der Waals surface area contributed by atoms with E-state index in [1.54, 1.807) is 11.8 Å². The summed E-state index contributed by atoms with van der Waals surface area (Å²) in [5, 5.41) is 10.6. The van der Waals surface area contributed by atoms with E-state index in [-0.39, 0.29) is 11.0 Å². The summed E-state index contributed by atoms with van der Waals surface area (Å²) in [4.78, 5) is 0.905. The number of nitrogens with zero attached hydrogens (tertiary/aromatic N) is 3. The molecule has 7 heteroatoms. The maximum Gasteiger partial charge on any atom is 0.164 e. The summed E-state index contributed by atoms with van der Waals surface area (Å²) in [5.41, 5.74) is 2.19. The monoisotopic (exact) mass is 433 g/mol. The number of rotatable bonds is 5. The molecule has 28 heavy (non-hydrogen) atoms. The average Bonchev–Trinajstić information content (AvgIpc) is 3.40. The van der Waals surface area contributed by atoms with Crippen molar-refractivity contribution in [3.8, 4) is 0 Å². The van der Waals surface area contributed by atoms with Crippen LogP contribution < -0.4 is 0 Å². The minimum absolute atomic E-state index is 0.0418. The van der Waals surface area contributed by atoms with Gasteiger partial charge in [-0.05, 0) is 50.3 Å². The predicted octanol–water partition coefficient (Wildman–Crippen LogP) is 5.93. The molecule has 0 spiro atoms. The Labute approximate surface area is 178 Å². The Bertz CT molecular complexity index is 1020. The van der Waals surface area contributed by atoms with Gasteiger partial charge in [-0.1, -0.05) is 35.3 Å². The van der Waals surface area contributed by atoms with Gasteiger partial charge >= 0.3 is 0 Å². The molecule has 2 heterocycles. The quantitative estimate of drug-likeness (QED) is 0.467. The first-order valence-corrected chi connectivity index (χ1v) is 11.3. The lowest BCUT2D eigenvalue weighted by Crippen LogP contribution is -2.24. The fourth-order valence-electron chi connectivity index (χ4n) is 4.95. The number of hydrogen-bond acceptors (Lipinski definition) is 4. The van der Waals surface area contributed by atoms with Gasteiger partial charge in [-0.3, -0.25) is 4.40 Å². The van der Waals surface area contributed by atoms with E-state index in [4.69, 9.17) is 27.9 Å². The Kier molecular flexibility index (Phi) is 4.62. The fraction of sp³-hybridized carbons (Fsp3) is 0.429. The fourth-order valence-corrected chi connectivity index (χ4v) is 6.61. The van der Waals surface area contributed by atoms with E-state index in [1.807, 2.05) is 25.3 Å². The van der Waals surface area contributed by atoms with Crippen molar-refractivity contribution in [3.05, 3.63) is 58.0 Å². The molecule has 0 unspecified atom stereocenters. The van der Waals surface area contributed by atoms with Crippen LogP contribution in [0, 0.1) is 0 Å². The molecule has 2 saturated carbocycles. The van der Waals surface area contributed by atoms with Crippen LogP contribution in [-0.4, -0.2) is 27.3 Å². The molecule has 2 fully saturated rings. The summed E-state index contributed by atoms with van der Waals surface area (Å²) in [6.07, 6.45) is 7.59. The van der Waals surface area contributed by atoms with Crippen LogP contribution in [0.3, 0.4) is 0 Å². The van der Waals surface area contributed by atoms with Gasteiger partial charge in [-0.15, -0.1) is 22.0 Å². The van der Waals surface area contributed by atoms with Crippen LogP contribution in [0.5, 0.6) is 0 Å². The first-order valence-electron chi connectivity index (χ1n) is 9.51. The molecular formula is C21H21Cl2N3OS. The number of pyridine rings is 1. The van der Waals surface area contributed by atoms with Crippen LogP contribution in [-0.2, 0) is 15.9 Å². The van der Waals surface area contributed by atoms with Gasteiger partial charge < -0.3 is 4.74 Å². The van der Waals surface area contributed by atoms with Crippen molar-refractivity contribution in [2.75, 3.05) is 7.11 Å². The average molecular weight is 434 g/mol. The zero-order valence-corrected chi connectivity index (χ0v) is 17.9. The van der Waals surface area contributed by atoms with Crippen molar-refractivity contribution >= 4 is 40.6 Å². The van der Waals surface area contributed by atoms with Gasteiger partial charge in [0.25, 0.3) is 0 Å². The summed E-state index contributed by atoms with van der Waals surface area (Å²) in [6.45, 7) is 0. The Morgan fingerprint density at radius 1 is 1.07 bits per heavy atom. The van der Waals surface area contributed by atoms with Crippen LogP contribution in [0.2, 0.25) is 10.0 Å². The molecule has 2 aliphatic rings. The van der Waals surface area contributed by atoms with Gasteiger partial charge in [-0.25, -0.2) is 0 Å². The molecule has 0 saturated heterocycles. The van der Waals surface area contributed by atoms with E-state index >= 15 is 0 Å². The second-order valence-electron chi connectivity index (χ2n) is 7.93. The molecule has 146 valence electrons. The highest BCUT2D eigenvalue weighted by atomic mass is 35.5. The molecule has 4 nitrogen and oxygen atoms in total. The summed E-state index contributed by atoms with van der Waals surface area (Å²) in [6, 6.07) is 9.78. The Hall–Kier alpha value is -1.27. The molecular weight excluding hydrogens is 413 g/mol. The van der Waals surface area contributed by atoms with Gasteiger partial charge in [0, 0.05) is 34.9 Å². The van der Waals surface area contributed by atoms with Crippen LogP contribution >= 0.6 is 35.0 Å². The molecule has 0 radical (unpaired) electrons. The smallest absolute Gasteiger partial charge is 0.164 e. The molecule has 3 aromatic rings. The lowest BCUT2D eigenvalue weighted by molar-refractivity contribution is -0.000309. The van der Waals surface area contributed by atoms with Crippen molar-refractivity contribution < 1.29 is 4.74 Å². The van der Waals surface area contributed by atoms with Crippen LogP contribution in [0.4, 0.5) is 0 Å². The third-order valence-electron chi connectivity index (χ3n) is 6.49. The zero-order chi connectivity index (χ0) is 19.4. The van der Waals surface area contributed by atoms with E-state index < -0.39 is 0 Å². The van der Waals surface area contributed by atoms with Gasteiger partial charge in [0.1, 0.15) is 5.82 Å². The van der Waals surface area contributed by atoms with Gasteiger partial charge in [-0.2, -0.15) is 0 Å².